The second-order valence-electron chi connectivity index (χ2n) is 6.53. The van der Waals surface area contributed by atoms with Crippen molar-refractivity contribution in [2.45, 2.75) is 57.8 Å². The minimum absolute atomic E-state index is 0.0239. The molecule has 0 bridgehead atoms. The molecule has 2 N–H and O–H groups in total. The fourth-order valence-corrected chi connectivity index (χ4v) is 2.88. The first kappa shape index (κ1) is 13.9. The van der Waals surface area contributed by atoms with Gasteiger partial charge in [0.05, 0.1) is 11.2 Å². The van der Waals surface area contributed by atoms with E-state index < -0.39 is 0 Å². The molecule has 0 spiro atoms. The Balaban J connectivity index is 2.59. The van der Waals surface area contributed by atoms with Crippen LogP contribution >= 0.6 is 0 Å². The quantitative estimate of drug-likeness (QED) is 0.798. The van der Waals surface area contributed by atoms with Crippen LogP contribution in [0.25, 0.3) is 0 Å². The van der Waals surface area contributed by atoms with Crippen molar-refractivity contribution in [3.63, 3.8) is 0 Å². The van der Waals surface area contributed by atoms with E-state index in [0.717, 1.165) is 19.4 Å². The van der Waals surface area contributed by atoms with Gasteiger partial charge in [0.25, 0.3) is 0 Å². The number of hydrogen-bond donors (Lipinski definition) is 1. The number of hydrogen-bond acceptors (Lipinski definition) is 3. The smallest absolute Gasteiger partial charge is 0.0677 e. The third-order valence-corrected chi connectivity index (χ3v) is 3.57. The van der Waals surface area contributed by atoms with Crippen LogP contribution in [0, 0.1) is 5.92 Å². The lowest BCUT2D eigenvalue weighted by Gasteiger charge is -2.31. The van der Waals surface area contributed by atoms with Gasteiger partial charge in [-0.3, -0.25) is 0 Å². The van der Waals surface area contributed by atoms with Gasteiger partial charge in [-0.1, -0.05) is 0 Å². The molecule has 0 saturated carbocycles. The lowest BCUT2D eigenvalue weighted by molar-refractivity contribution is -0.0768. The van der Waals surface area contributed by atoms with Crippen molar-refractivity contribution in [2.24, 2.45) is 11.7 Å². The third kappa shape index (κ3) is 3.44. The maximum absolute atomic E-state index is 6.32. The molecule has 0 aromatic carbocycles. The normalized spacial score (nSPS) is 29.6. The summed E-state index contributed by atoms with van der Waals surface area (Å²) in [6, 6.07) is 0.235. The molecule has 1 aliphatic heterocycles. The monoisotopic (exact) mass is 228 g/mol. The average Bonchev–Trinajstić information content (AvgIpc) is 2.30. The van der Waals surface area contributed by atoms with E-state index in [-0.39, 0.29) is 17.2 Å². The van der Waals surface area contributed by atoms with Gasteiger partial charge in [-0.25, -0.2) is 0 Å². The molecule has 2 atom stereocenters. The van der Waals surface area contributed by atoms with Crippen LogP contribution in [0.3, 0.4) is 0 Å². The Labute approximate surface area is 100 Å². The van der Waals surface area contributed by atoms with Crippen LogP contribution < -0.4 is 5.73 Å². The molecule has 16 heavy (non-hydrogen) atoms. The van der Waals surface area contributed by atoms with Crippen LogP contribution in [0.4, 0.5) is 0 Å². The summed E-state index contributed by atoms with van der Waals surface area (Å²) in [6.45, 7) is 9.71. The van der Waals surface area contributed by atoms with Crippen molar-refractivity contribution < 1.29 is 4.74 Å². The molecule has 2 unspecified atom stereocenters. The van der Waals surface area contributed by atoms with Gasteiger partial charge in [0.15, 0.2) is 0 Å². The van der Waals surface area contributed by atoms with E-state index in [2.05, 4.69) is 46.7 Å². The first-order valence-electron chi connectivity index (χ1n) is 6.24. The van der Waals surface area contributed by atoms with E-state index in [1.807, 2.05) is 0 Å². The lowest BCUT2D eigenvalue weighted by Crippen LogP contribution is -2.42. The molecule has 96 valence electrons. The van der Waals surface area contributed by atoms with E-state index in [0.29, 0.717) is 5.92 Å². The lowest BCUT2D eigenvalue weighted by atomic mass is 9.81. The molecule has 0 amide bonds. The Morgan fingerprint density at radius 1 is 1.31 bits per heavy atom. The van der Waals surface area contributed by atoms with Crippen molar-refractivity contribution in [1.29, 1.82) is 0 Å². The van der Waals surface area contributed by atoms with Crippen LogP contribution in [-0.4, -0.2) is 42.8 Å². The SMILES string of the molecule is CN(C)CCC(N)C1CC(C)(C)OC1(C)C. The topological polar surface area (TPSA) is 38.5 Å². The van der Waals surface area contributed by atoms with Crippen LogP contribution in [-0.2, 0) is 4.74 Å². The van der Waals surface area contributed by atoms with Gasteiger partial charge < -0.3 is 15.4 Å². The molecule has 0 aromatic heterocycles. The molecule has 1 fully saturated rings. The predicted molar refractivity (Wildman–Crippen MR) is 68.5 cm³/mol. The van der Waals surface area contributed by atoms with Gasteiger partial charge in [-0.2, -0.15) is 0 Å². The molecular formula is C13H28N2O. The molecule has 3 heteroatoms. The van der Waals surface area contributed by atoms with Crippen molar-refractivity contribution in [2.75, 3.05) is 20.6 Å². The van der Waals surface area contributed by atoms with Gasteiger partial charge in [0.2, 0.25) is 0 Å². The molecule has 1 aliphatic rings. The predicted octanol–water partition coefficient (Wildman–Crippen LogP) is 1.86. The molecule has 3 nitrogen and oxygen atoms in total. The zero-order valence-corrected chi connectivity index (χ0v) is 11.7. The summed E-state index contributed by atoms with van der Waals surface area (Å²) in [5.41, 5.74) is 6.21. The Bertz CT molecular complexity index is 236. The highest BCUT2D eigenvalue weighted by molar-refractivity contribution is 4.98. The summed E-state index contributed by atoms with van der Waals surface area (Å²) >= 11 is 0. The van der Waals surface area contributed by atoms with Gasteiger partial charge in [-0.15, -0.1) is 0 Å². The molecule has 1 rings (SSSR count). The second kappa shape index (κ2) is 4.63. The van der Waals surface area contributed by atoms with Crippen LogP contribution in [0.15, 0.2) is 0 Å². The Morgan fingerprint density at radius 2 is 1.88 bits per heavy atom. The summed E-state index contributed by atoms with van der Waals surface area (Å²) in [5, 5.41) is 0. The molecular weight excluding hydrogens is 200 g/mol. The summed E-state index contributed by atoms with van der Waals surface area (Å²) < 4.78 is 6.08. The summed E-state index contributed by atoms with van der Waals surface area (Å²) in [5.74, 6) is 0.461. The number of nitrogens with zero attached hydrogens (tertiary/aromatic N) is 1. The Hall–Kier alpha value is -0.120. The summed E-state index contributed by atoms with van der Waals surface area (Å²) in [6.07, 6.45) is 2.11. The van der Waals surface area contributed by atoms with E-state index in [1.54, 1.807) is 0 Å². The average molecular weight is 228 g/mol. The maximum atomic E-state index is 6.32. The number of nitrogens with two attached hydrogens (primary N) is 1. The zero-order chi connectivity index (χ0) is 12.6. The zero-order valence-electron chi connectivity index (χ0n) is 11.7. The maximum Gasteiger partial charge on any atom is 0.0677 e. The van der Waals surface area contributed by atoms with Crippen LogP contribution in [0.5, 0.6) is 0 Å². The van der Waals surface area contributed by atoms with E-state index in [4.69, 9.17) is 10.5 Å². The van der Waals surface area contributed by atoms with Crippen molar-refractivity contribution >= 4 is 0 Å². The van der Waals surface area contributed by atoms with E-state index in [1.165, 1.54) is 0 Å². The molecule has 1 heterocycles. The number of ether oxygens (including phenoxy) is 1. The van der Waals surface area contributed by atoms with Crippen LogP contribution in [0.1, 0.15) is 40.5 Å². The fraction of sp³-hybridized carbons (Fsp3) is 1.00. The van der Waals surface area contributed by atoms with Crippen molar-refractivity contribution in [3.8, 4) is 0 Å². The highest BCUT2D eigenvalue weighted by Crippen LogP contribution is 2.43. The first-order valence-corrected chi connectivity index (χ1v) is 6.24. The highest BCUT2D eigenvalue weighted by atomic mass is 16.5. The summed E-state index contributed by atoms with van der Waals surface area (Å²) in [4.78, 5) is 2.19. The second-order valence-corrected chi connectivity index (χ2v) is 6.53. The van der Waals surface area contributed by atoms with Crippen LogP contribution in [0.2, 0.25) is 0 Å². The van der Waals surface area contributed by atoms with Gasteiger partial charge in [-0.05, 0) is 61.2 Å². The fourth-order valence-electron chi connectivity index (χ4n) is 2.88. The molecule has 0 aliphatic carbocycles. The van der Waals surface area contributed by atoms with E-state index in [9.17, 15) is 0 Å². The van der Waals surface area contributed by atoms with Crippen molar-refractivity contribution in [1.82, 2.24) is 4.90 Å². The number of rotatable bonds is 4. The van der Waals surface area contributed by atoms with Gasteiger partial charge in [0, 0.05) is 12.0 Å². The largest absolute Gasteiger partial charge is 0.369 e. The minimum Gasteiger partial charge on any atom is -0.369 e. The standard InChI is InChI=1S/C13H28N2O/c1-12(2)9-10(13(3,4)16-12)11(14)7-8-15(5)6/h10-11H,7-9,14H2,1-6H3. The van der Waals surface area contributed by atoms with E-state index >= 15 is 0 Å². The highest BCUT2D eigenvalue weighted by Gasteiger charge is 2.47. The third-order valence-electron chi connectivity index (χ3n) is 3.57. The molecule has 1 saturated heterocycles. The minimum atomic E-state index is -0.0881. The molecule has 0 aromatic rings. The first-order chi connectivity index (χ1) is 7.14. The molecule has 0 radical (unpaired) electrons. The Morgan fingerprint density at radius 3 is 2.25 bits per heavy atom. The van der Waals surface area contributed by atoms with Crippen molar-refractivity contribution in [3.05, 3.63) is 0 Å². The summed E-state index contributed by atoms with van der Waals surface area (Å²) in [7, 11) is 4.18. The van der Waals surface area contributed by atoms with Gasteiger partial charge in [0.1, 0.15) is 0 Å². The Kier molecular flexibility index (Phi) is 4.04. The van der Waals surface area contributed by atoms with Gasteiger partial charge >= 0.3 is 0 Å².